The predicted molar refractivity (Wildman–Crippen MR) is 82.9 cm³/mol. The van der Waals surface area contributed by atoms with Crippen molar-refractivity contribution in [1.82, 2.24) is 9.80 Å². The van der Waals surface area contributed by atoms with Gasteiger partial charge < -0.3 is 10.2 Å². The third-order valence-electron chi connectivity index (χ3n) is 4.04. The first-order chi connectivity index (χ1) is 10.1. The molecule has 1 N–H and O–H groups in total. The monoisotopic (exact) mass is 286 g/mol. The van der Waals surface area contributed by atoms with E-state index in [0.717, 1.165) is 32.7 Å². The number of benzene rings is 1. The van der Waals surface area contributed by atoms with Gasteiger partial charge in [-0.1, -0.05) is 13.0 Å². The Balaban J connectivity index is 1.92. The lowest BCUT2D eigenvalue weighted by Crippen LogP contribution is -2.52. The van der Waals surface area contributed by atoms with E-state index < -0.39 is 0 Å². The number of nitrogens with zero attached hydrogens (tertiary/aromatic N) is 3. The fourth-order valence-electron chi connectivity index (χ4n) is 2.55. The van der Waals surface area contributed by atoms with Gasteiger partial charge in [-0.25, -0.2) is 0 Å². The van der Waals surface area contributed by atoms with E-state index in [1.807, 2.05) is 6.92 Å². The molecule has 0 radical (unpaired) electrons. The van der Waals surface area contributed by atoms with Crippen molar-refractivity contribution in [3.63, 3.8) is 0 Å². The number of hydrogen-bond donors (Lipinski definition) is 1. The van der Waals surface area contributed by atoms with Crippen LogP contribution in [0, 0.1) is 11.3 Å². The summed E-state index contributed by atoms with van der Waals surface area (Å²) in [7, 11) is 0. The Morgan fingerprint density at radius 1 is 1.38 bits per heavy atom. The summed E-state index contributed by atoms with van der Waals surface area (Å²) in [4.78, 5) is 16.9. The van der Waals surface area contributed by atoms with Gasteiger partial charge in [0.15, 0.2) is 0 Å². The molecule has 2 rings (SSSR count). The Bertz CT molecular complexity index is 529. The van der Waals surface area contributed by atoms with Crippen molar-refractivity contribution in [2.45, 2.75) is 19.9 Å². The molecule has 0 aliphatic carbocycles. The van der Waals surface area contributed by atoms with Crippen molar-refractivity contribution >= 4 is 11.6 Å². The molecule has 112 valence electrons. The first-order valence-electron chi connectivity index (χ1n) is 7.41. The van der Waals surface area contributed by atoms with Crippen LogP contribution in [0.5, 0.6) is 0 Å². The smallest absolute Gasteiger partial charge is 0.241 e. The molecule has 1 aliphatic heterocycles. The molecule has 1 atom stereocenters. The van der Waals surface area contributed by atoms with Crippen LogP contribution in [0.15, 0.2) is 24.3 Å². The van der Waals surface area contributed by atoms with E-state index >= 15 is 0 Å². The minimum atomic E-state index is -0.158. The zero-order valence-corrected chi connectivity index (χ0v) is 12.7. The average molecular weight is 286 g/mol. The minimum Gasteiger partial charge on any atom is -0.325 e. The van der Waals surface area contributed by atoms with Crippen molar-refractivity contribution in [1.29, 1.82) is 5.26 Å². The Morgan fingerprint density at radius 3 is 2.71 bits per heavy atom. The van der Waals surface area contributed by atoms with Gasteiger partial charge in [0.25, 0.3) is 0 Å². The maximum atomic E-state index is 12.3. The van der Waals surface area contributed by atoms with E-state index in [1.54, 1.807) is 24.3 Å². The summed E-state index contributed by atoms with van der Waals surface area (Å²) in [5.41, 5.74) is 1.23. The van der Waals surface area contributed by atoms with Gasteiger partial charge in [-0.2, -0.15) is 5.26 Å². The number of amides is 1. The van der Waals surface area contributed by atoms with E-state index in [9.17, 15) is 4.79 Å². The fraction of sp³-hybridized carbons (Fsp3) is 0.500. The fourth-order valence-corrected chi connectivity index (χ4v) is 2.55. The van der Waals surface area contributed by atoms with Gasteiger partial charge in [0, 0.05) is 31.9 Å². The first-order valence-corrected chi connectivity index (χ1v) is 7.41. The predicted octanol–water partition coefficient (Wildman–Crippen LogP) is 1.52. The lowest BCUT2D eigenvalue weighted by atomic mass is 10.2. The summed E-state index contributed by atoms with van der Waals surface area (Å²) >= 11 is 0. The summed E-state index contributed by atoms with van der Waals surface area (Å²) in [5, 5.41) is 11.8. The second-order valence-corrected chi connectivity index (χ2v) is 5.33. The molecular weight excluding hydrogens is 264 g/mol. The van der Waals surface area contributed by atoms with Crippen LogP contribution in [0.1, 0.15) is 19.4 Å². The van der Waals surface area contributed by atoms with E-state index in [0.29, 0.717) is 11.3 Å². The van der Waals surface area contributed by atoms with Gasteiger partial charge in [0.05, 0.1) is 17.7 Å². The molecule has 5 heteroatoms. The molecule has 0 saturated carbocycles. The summed E-state index contributed by atoms with van der Waals surface area (Å²) in [6.45, 7) is 9.02. The molecule has 1 aromatic carbocycles. The molecule has 1 aromatic rings. The molecule has 1 aliphatic rings. The first kappa shape index (κ1) is 15.5. The third kappa shape index (κ3) is 4.03. The normalized spacial score (nSPS) is 18.0. The highest BCUT2D eigenvalue weighted by atomic mass is 16.2. The lowest BCUT2D eigenvalue weighted by Gasteiger charge is -2.36. The quantitative estimate of drug-likeness (QED) is 0.912. The number of nitriles is 1. The zero-order chi connectivity index (χ0) is 15.2. The van der Waals surface area contributed by atoms with Crippen LogP contribution in [-0.4, -0.2) is 54.5 Å². The Morgan fingerprint density at radius 2 is 2.10 bits per heavy atom. The van der Waals surface area contributed by atoms with Crippen LogP contribution < -0.4 is 5.32 Å². The van der Waals surface area contributed by atoms with E-state index in [1.165, 1.54) is 0 Å². The average Bonchev–Trinajstić information content (AvgIpc) is 2.54. The highest BCUT2D eigenvalue weighted by molar-refractivity contribution is 5.94. The summed E-state index contributed by atoms with van der Waals surface area (Å²) in [6.07, 6.45) is 0. The van der Waals surface area contributed by atoms with Crippen molar-refractivity contribution in [2.24, 2.45) is 0 Å². The molecule has 1 heterocycles. The van der Waals surface area contributed by atoms with Crippen LogP contribution >= 0.6 is 0 Å². The molecule has 0 unspecified atom stereocenters. The molecule has 1 saturated heterocycles. The second kappa shape index (κ2) is 7.21. The van der Waals surface area contributed by atoms with Gasteiger partial charge >= 0.3 is 0 Å². The molecular formula is C16H22N4O. The van der Waals surface area contributed by atoms with Gasteiger partial charge in [-0.15, -0.1) is 0 Å². The third-order valence-corrected chi connectivity index (χ3v) is 4.04. The Labute approximate surface area is 126 Å². The number of nitrogens with one attached hydrogen (secondary N) is 1. The molecule has 0 spiro atoms. The van der Waals surface area contributed by atoms with Crippen LogP contribution in [0.3, 0.4) is 0 Å². The number of rotatable bonds is 4. The number of piperazine rings is 1. The van der Waals surface area contributed by atoms with Crippen LogP contribution in [0.2, 0.25) is 0 Å². The molecule has 1 fully saturated rings. The second-order valence-electron chi connectivity index (χ2n) is 5.33. The van der Waals surface area contributed by atoms with E-state index in [4.69, 9.17) is 5.26 Å². The van der Waals surface area contributed by atoms with Crippen LogP contribution in [0.4, 0.5) is 5.69 Å². The van der Waals surface area contributed by atoms with E-state index in [2.05, 4.69) is 28.1 Å². The highest BCUT2D eigenvalue weighted by Gasteiger charge is 2.24. The van der Waals surface area contributed by atoms with Gasteiger partial charge in [0.1, 0.15) is 0 Å². The number of hydrogen-bond acceptors (Lipinski definition) is 4. The molecule has 21 heavy (non-hydrogen) atoms. The standard InChI is InChI=1S/C16H22N4O/c1-3-19-7-9-20(10-8-19)13(2)16(21)18-15-6-4-5-14(11-15)12-17/h4-6,11,13H,3,7-10H2,1-2H3,(H,18,21)/t13-/m1/s1. The Kier molecular flexibility index (Phi) is 5.32. The molecule has 0 bridgehead atoms. The summed E-state index contributed by atoms with van der Waals surface area (Å²) < 4.78 is 0. The SMILES string of the molecule is CCN1CCN([C@H](C)C(=O)Nc2cccc(C#N)c2)CC1. The topological polar surface area (TPSA) is 59.4 Å². The number of carbonyl (C=O) groups is 1. The zero-order valence-electron chi connectivity index (χ0n) is 12.7. The Hall–Kier alpha value is -1.90. The largest absolute Gasteiger partial charge is 0.325 e. The van der Waals surface area contributed by atoms with Gasteiger partial charge in [-0.3, -0.25) is 9.69 Å². The molecule has 1 amide bonds. The van der Waals surface area contributed by atoms with Gasteiger partial charge in [-0.05, 0) is 31.7 Å². The van der Waals surface area contributed by atoms with E-state index in [-0.39, 0.29) is 11.9 Å². The minimum absolute atomic E-state index is 0.0185. The lowest BCUT2D eigenvalue weighted by molar-refractivity contribution is -0.121. The van der Waals surface area contributed by atoms with Crippen molar-refractivity contribution < 1.29 is 4.79 Å². The maximum absolute atomic E-state index is 12.3. The number of anilines is 1. The van der Waals surface area contributed by atoms with Crippen LogP contribution in [-0.2, 0) is 4.79 Å². The summed E-state index contributed by atoms with van der Waals surface area (Å²) in [5.74, 6) is -0.0185. The number of carbonyl (C=O) groups excluding carboxylic acids is 1. The molecule has 0 aromatic heterocycles. The van der Waals surface area contributed by atoms with Gasteiger partial charge in [0.2, 0.25) is 5.91 Å². The van der Waals surface area contributed by atoms with Crippen LogP contribution in [0.25, 0.3) is 0 Å². The van der Waals surface area contributed by atoms with Crippen molar-refractivity contribution in [3.05, 3.63) is 29.8 Å². The highest BCUT2D eigenvalue weighted by Crippen LogP contribution is 2.12. The maximum Gasteiger partial charge on any atom is 0.241 e. The number of likely N-dealkylation sites (N-methyl/N-ethyl adjacent to an activating group) is 1. The summed E-state index contributed by atoms with van der Waals surface area (Å²) in [6, 6.07) is 8.92. The van der Waals surface area contributed by atoms with Crippen molar-refractivity contribution in [2.75, 3.05) is 38.0 Å². The van der Waals surface area contributed by atoms with Crippen molar-refractivity contribution in [3.8, 4) is 6.07 Å². The molecule has 5 nitrogen and oxygen atoms in total.